The molecule has 5 heteroatoms. The van der Waals surface area contributed by atoms with Crippen molar-refractivity contribution in [2.75, 3.05) is 0 Å². The molecule has 0 aliphatic heterocycles. The molecule has 1 aliphatic rings. The van der Waals surface area contributed by atoms with Gasteiger partial charge in [-0.25, -0.2) is 14.4 Å². The topological polar surface area (TPSA) is 25.8 Å². The molecule has 0 bridgehead atoms. The van der Waals surface area contributed by atoms with Gasteiger partial charge in [0.15, 0.2) is 5.82 Å². The van der Waals surface area contributed by atoms with Crippen LogP contribution in [0.25, 0.3) is 11.4 Å². The van der Waals surface area contributed by atoms with Crippen LogP contribution in [0.4, 0.5) is 4.39 Å². The molecule has 1 aromatic heterocycles. The number of aryl methyl sites for hydroxylation is 1. The molecule has 2 aromatic rings. The van der Waals surface area contributed by atoms with Crippen LogP contribution in [0.3, 0.4) is 0 Å². The molecule has 0 N–H and O–H groups in total. The Labute approximate surface area is 127 Å². The van der Waals surface area contributed by atoms with Gasteiger partial charge in [0, 0.05) is 16.8 Å². The molecule has 0 fully saturated rings. The molecule has 0 atom stereocenters. The van der Waals surface area contributed by atoms with Crippen molar-refractivity contribution in [2.24, 2.45) is 0 Å². The summed E-state index contributed by atoms with van der Waals surface area (Å²) < 4.78 is 13.1. The largest absolute Gasteiger partial charge is 0.233 e. The number of fused-ring (bicyclic) bond motifs is 1. The fourth-order valence-corrected chi connectivity index (χ4v) is 3.05. The molecule has 1 heterocycles. The highest BCUT2D eigenvalue weighted by Gasteiger charge is 2.17. The second-order valence-electron chi connectivity index (χ2n) is 4.95. The average molecular weight is 311 g/mol. The SMILES string of the molecule is Fc1ccc(-c2nc(Cl)c3c(n2)CCCCC3)c(Cl)c1. The van der Waals surface area contributed by atoms with Crippen molar-refractivity contribution in [3.8, 4) is 11.4 Å². The number of rotatable bonds is 1. The zero-order chi connectivity index (χ0) is 14.1. The lowest BCUT2D eigenvalue weighted by Crippen LogP contribution is -2.02. The summed E-state index contributed by atoms with van der Waals surface area (Å²) in [6.07, 6.45) is 5.23. The summed E-state index contributed by atoms with van der Waals surface area (Å²) in [6, 6.07) is 4.20. The van der Waals surface area contributed by atoms with Crippen LogP contribution in [0.1, 0.15) is 30.5 Å². The lowest BCUT2D eigenvalue weighted by atomic mass is 10.1. The summed E-state index contributed by atoms with van der Waals surface area (Å²) in [6.45, 7) is 0. The molecule has 104 valence electrons. The number of halogens is 3. The average Bonchev–Trinajstić information content (AvgIpc) is 2.64. The van der Waals surface area contributed by atoms with Crippen LogP contribution in [0.5, 0.6) is 0 Å². The van der Waals surface area contributed by atoms with Crippen LogP contribution in [0.15, 0.2) is 18.2 Å². The molecular weight excluding hydrogens is 298 g/mol. The highest BCUT2D eigenvalue weighted by Crippen LogP contribution is 2.31. The Morgan fingerprint density at radius 1 is 1.00 bits per heavy atom. The molecule has 0 saturated carbocycles. The van der Waals surface area contributed by atoms with Gasteiger partial charge in [-0.2, -0.15) is 0 Å². The first-order valence-electron chi connectivity index (χ1n) is 6.66. The van der Waals surface area contributed by atoms with E-state index in [1.807, 2.05) is 0 Å². The molecule has 0 saturated heterocycles. The lowest BCUT2D eigenvalue weighted by molar-refractivity contribution is 0.628. The van der Waals surface area contributed by atoms with Crippen LogP contribution in [0, 0.1) is 5.82 Å². The molecule has 3 rings (SSSR count). The molecule has 2 nitrogen and oxygen atoms in total. The van der Waals surface area contributed by atoms with E-state index in [0.717, 1.165) is 36.9 Å². The Balaban J connectivity index is 2.11. The third-order valence-corrected chi connectivity index (χ3v) is 4.18. The highest BCUT2D eigenvalue weighted by molar-refractivity contribution is 6.33. The molecule has 1 aromatic carbocycles. The van der Waals surface area contributed by atoms with Crippen molar-refractivity contribution in [2.45, 2.75) is 32.1 Å². The van der Waals surface area contributed by atoms with Crippen molar-refractivity contribution < 1.29 is 4.39 Å². The summed E-state index contributed by atoms with van der Waals surface area (Å²) in [5.74, 6) is 0.0975. The van der Waals surface area contributed by atoms with Gasteiger partial charge in [-0.05, 0) is 43.9 Å². The number of benzene rings is 1. The monoisotopic (exact) mass is 310 g/mol. The number of hydrogen-bond donors (Lipinski definition) is 0. The summed E-state index contributed by atoms with van der Waals surface area (Å²) in [7, 11) is 0. The van der Waals surface area contributed by atoms with Gasteiger partial charge in [0.2, 0.25) is 0 Å². The third-order valence-electron chi connectivity index (χ3n) is 3.55. The molecule has 0 amide bonds. The first-order chi connectivity index (χ1) is 9.65. The molecule has 1 aliphatic carbocycles. The number of hydrogen-bond acceptors (Lipinski definition) is 2. The van der Waals surface area contributed by atoms with E-state index in [1.54, 1.807) is 6.07 Å². The predicted molar refractivity (Wildman–Crippen MR) is 78.7 cm³/mol. The van der Waals surface area contributed by atoms with E-state index in [1.165, 1.54) is 18.6 Å². The maximum absolute atomic E-state index is 13.1. The fourth-order valence-electron chi connectivity index (χ4n) is 2.52. The standard InChI is InChI=1S/C15H13Cl2FN2/c16-12-8-9(18)6-7-10(12)15-19-13-5-3-1-2-4-11(13)14(17)20-15/h6-8H,1-5H2. The van der Waals surface area contributed by atoms with Gasteiger partial charge in [0.25, 0.3) is 0 Å². The molecule has 0 unspecified atom stereocenters. The van der Waals surface area contributed by atoms with Crippen LogP contribution in [-0.2, 0) is 12.8 Å². The first kappa shape index (κ1) is 13.8. The second-order valence-corrected chi connectivity index (χ2v) is 5.71. The van der Waals surface area contributed by atoms with Gasteiger partial charge >= 0.3 is 0 Å². The van der Waals surface area contributed by atoms with Crippen molar-refractivity contribution in [3.05, 3.63) is 45.4 Å². The van der Waals surface area contributed by atoms with Crippen LogP contribution in [-0.4, -0.2) is 9.97 Å². The van der Waals surface area contributed by atoms with Crippen LogP contribution >= 0.6 is 23.2 Å². The smallest absolute Gasteiger partial charge is 0.162 e. The number of nitrogens with zero attached hydrogens (tertiary/aromatic N) is 2. The first-order valence-corrected chi connectivity index (χ1v) is 7.41. The van der Waals surface area contributed by atoms with Gasteiger partial charge in [-0.3, -0.25) is 0 Å². The van der Waals surface area contributed by atoms with E-state index in [-0.39, 0.29) is 5.82 Å². The van der Waals surface area contributed by atoms with E-state index in [2.05, 4.69) is 9.97 Å². The van der Waals surface area contributed by atoms with Gasteiger partial charge in [-0.1, -0.05) is 29.6 Å². The van der Waals surface area contributed by atoms with E-state index >= 15 is 0 Å². The highest BCUT2D eigenvalue weighted by atomic mass is 35.5. The summed E-state index contributed by atoms with van der Waals surface area (Å²) in [4.78, 5) is 8.93. The quantitative estimate of drug-likeness (QED) is 0.555. The summed E-state index contributed by atoms with van der Waals surface area (Å²) in [5, 5.41) is 0.793. The van der Waals surface area contributed by atoms with Gasteiger partial charge in [0.05, 0.1) is 5.02 Å². The minimum Gasteiger partial charge on any atom is -0.233 e. The van der Waals surface area contributed by atoms with Crippen molar-refractivity contribution in [3.63, 3.8) is 0 Å². The Morgan fingerprint density at radius 3 is 2.60 bits per heavy atom. The zero-order valence-electron chi connectivity index (χ0n) is 10.8. The van der Waals surface area contributed by atoms with Crippen molar-refractivity contribution in [1.29, 1.82) is 0 Å². The lowest BCUT2D eigenvalue weighted by Gasteiger charge is -2.10. The minimum absolute atomic E-state index is 0.301. The van der Waals surface area contributed by atoms with Crippen LogP contribution < -0.4 is 0 Å². The van der Waals surface area contributed by atoms with Crippen molar-refractivity contribution >= 4 is 23.2 Å². The Hall–Kier alpha value is -1.19. The Morgan fingerprint density at radius 2 is 1.80 bits per heavy atom. The minimum atomic E-state index is -0.375. The molecular formula is C15H13Cl2FN2. The third kappa shape index (κ3) is 2.65. The maximum Gasteiger partial charge on any atom is 0.162 e. The summed E-state index contributed by atoms with van der Waals surface area (Å²) in [5.41, 5.74) is 2.66. The van der Waals surface area contributed by atoms with Gasteiger partial charge in [-0.15, -0.1) is 0 Å². The Kier molecular flexibility index (Phi) is 3.90. The molecule has 20 heavy (non-hydrogen) atoms. The van der Waals surface area contributed by atoms with Gasteiger partial charge in [0.1, 0.15) is 11.0 Å². The summed E-state index contributed by atoms with van der Waals surface area (Å²) >= 11 is 12.4. The van der Waals surface area contributed by atoms with E-state index in [0.29, 0.717) is 21.6 Å². The fraction of sp³-hybridized carbons (Fsp3) is 0.333. The predicted octanol–water partition coefficient (Wildman–Crippen LogP) is 4.86. The number of aromatic nitrogens is 2. The Bertz CT molecular complexity index is 659. The normalized spacial score (nSPS) is 14.8. The van der Waals surface area contributed by atoms with Crippen molar-refractivity contribution in [1.82, 2.24) is 9.97 Å². The molecule has 0 spiro atoms. The van der Waals surface area contributed by atoms with E-state index < -0.39 is 0 Å². The van der Waals surface area contributed by atoms with E-state index in [4.69, 9.17) is 23.2 Å². The zero-order valence-corrected chi connectivity index (χ0v) is 12.3. The van der Waals surface area contributed by atoms with E-state index in [9.17, 15) is 4.39 Å². The van der Waals surface area contributed by atoms with Crippen LogP contribution in [0.2, 0.25) is 10.2 Å². The maximum atomic E-state index is 13.1. The van der Waals surface area contributed by atoms with Gasteiger partial charge < -0.3 is 0 Å². The second kappa shape index (κ2) is 5.66. The molecule has 0 radical (unpaired) electrons.